The van der Waals surface area contributed by atoms with Gasteiger partial charge in [0, 0.05) is 5.54 Å². The van der Waals surface area contributed by atoms with Gasteiger partial charge in [-0.2, -0.15) is 0 Å². The first kappa shape index (κ1) is 23.2. The van der Waals surface area contributed by atoms with Crippen LogP contribution in [0, 0.1) is 5.41 Å². The van der Waals surface area contributed by atoms with Crippen LogP contribution in [0.25, 0.3) is 0 Å². The molecule has 1 saturated carbocycles. The second kappa shape index (κ2) is 12.5. The lowest BCUT2D eigenvalue weighted by atomic mass is 9.68. The number of nitrogens with one attached hydrogen (secondary N) is 1. The van der Waals surface area contributed by atoms with E-state index >= 15 is 0 Å². The maximum Gasteiger partial charge on any atom is 0.0179 e. The van der Waals surface area contributed by atoms with Gasteiger partial charge in [-0.25, -0.2) is 0 Å². The second-order valence-corrected chi connectivity index (χ2v) is 7.56. The predicted molar refractivity (Wildman–Crippen MR) is 111 cm³/mol. The molecule has 24 heavy (non-hydrogen) atoms. The molecule has 0 atom stereocenters. The number of rotatable bonds is 5. The van der Waals surface area contributed by atoms with Crippen LogP contribution in [-0.4, -0.2) is 12.1 Å². The summed E-state index contributed by atoms with van der Waals surface area (Å²) in [6.07, 6.45) is 9.21. The minimum atomic E-state index is 0.478. The Hall–Kier alpha value is -0.820. The van der Waals surface area contributed by atoms with Crippen LogP contribution in [0.3, 0.4) is 0 Å². The standard InChI is InChI=1S/C13H27N.C8H10.C2H6/c1-5-11-14-13(6-2)9-7-12(3,4)8-10-13;1-2-8-6-4-3-5-7-8;1-2/h14H,5-11H2,1-4H3;3-7H,2H2,1H3;1-2H3. The molecule has 1 nitrogen and oxygen atoms in total. The Bertz CT molecular complexity index is 384. The van der Waals surface area contributed by atoms with E-state index in [0.717, 1.165) is 6.42 Å². The maximum atomic E-state index is 3.77. The van der Waals surface area contributed by atoms with Crippen LogP contribution in [0.2, 0.25) is 0 Å². The van der Waals surface area contributed by atoms with Gasteiger partial charge in [0.25, 0.3) is 0 Å². The third kappa shape index (κ3) is 8.87. The number of hydrogen-bond donors (Lipinski definition) is 1. The number of hydrogen-bond acceptors (Lipinski definition) is 1. The first-order chi connectivity index (χ1) is 11.5. The highest BCUT2D eigenvalue weighted by Gasteiger charge is 2.36. The summed E-state index contributed by atoms with van der Waals surface area (Å²) < 4.78 is 0. The minimum Gasteiger partial charge on any atom is -0.311 e. The molecule has 0 aromatic heterocycles. The Kier molecular flexibility index (Phi) is 12.1. The van der Waals surface area contributed by atoms with Gasteiger partial charge in [0.1, 0.15) is 0 Å². The Balaban J connectivity index is 0.000000447. The Labute approximate surface area is 152 Å². The molecule has 1 aromatic rings. The van der Waals surface area contributed by atoms with Gasteiger partial charge in [0.15, 0.2) is 0 Å². The van der Waals surface area contributed by atoms with E-state index in [0.29, 0.717) is 11.0 Å². The summed E-state index contributed by atoms with van der Waals surface area (Å²) >= 11 is 0. The van der Waals surface area contributed by atoms with Gasteiger partial charge in [0.2, 0.25) is 0 Å². The number of benzene rings is 1. The molecule has 1 heteroatoms. The largest absolute Gasteiger partial charge is 0.311 e. The summed E-state index contributed by atoms with van der Waals surface area (Å²) in [5.74, 6) is 0. The van der Waals surface area contributed by atoms with Crippen LogP contribution < -0.4 is 5.32 Å². The highest BCUT2D eigenvalue weighted by atomic mass is 15.0. The van der Waals surface area contributed by atoms with E-state index in [9.17, 15) is 0 Å². The molecular formula is C23H43N. The van der Waals surface area contributed by atoms with Gasteiger partial charge < -0.3 is 5.32 Å². The molecule has 1 fully saturated rings. The van der Waals surface area contributed by atoms with Crippen molar-refractivity contribution in [1.82, 2.24) is 5.32 Å². The zero-order chi connectivity index (χ0) is 18.5. The predicted octanol–water partition coefficient (Wildman–Crippen LogP) is 7.01. The number of aryl methyl sites for hydroxylation is 1. The van der Waals surface area contributed by atoms with Crippen molar-refractivity contribution in [2.45, 2.75) is 99.0 Å². The van der Waals surface area contributed by atoms with Crippen molar-refractivity contribution in [3.63, 3.8) is 0 Å². The first-order valence-corrected chi connectivity index (χ1v) is 10.3. The summed E-state index contributed by atoms with van der Waals surface area (Å²) in [4.78, 5) is 0. The summed E-state index contributed by atoms with van der Waals surface area (Å²) in [5.41, 5.74) is 2.48. The topological polar surface area (TPSA) is 12.0 Å². The van der Waals surface area contributed by atoms with Crippen molar-refractivity contribution in [2.75, 3.05) is 6.54 Å². The molecule has 2 rings (SSSR count). The maximum absolute atomic E-state index is 3.77. The molecular weight excluding hydrogens is 290 g/mol. The molecule has 0 radical (unpaired) electrons. The monoisotopic (exact) mass is 333 g/mol. The Morgan fingerprint density at radius 2 is 1.42 bits per heavy atom. The summed E-state index contributed by atoms with van der Waals surface area (Å²) in [7, 11) is 0. The molecule has 0 amide bonds. The lowest BCUT2D eigenvalue weighted by Crippen LogP contribution is -2.48. The van der Waals surface area contributed by atoms with Crippen LogP contribution in [0.5, 0.6) is 0 Å². The zero-order valence-electron chi connectivity index (χ0n) is 17.5. The molecule has 0 spiro atoms. The highest BCUT2D eigenvalue weighted by Crippen LogP contribution is 2.41. The Morgan fingerprint density at radius 3 is 1.79 bits per heavy atom. The van der Waals surface area contributed by atoms with E-state index in [1.54, 1.807) is 0 Å². The molecule has 0 aliphatic heterocycles. The van der Waals surface area contributed by atoms with Gasteiger partial charge in [-0.3, -0.25) is 0 Å². The van der Waals surface area contributed by atoms with Crippen molar-refractivity contribution in [3.05, 3.63) is 35.9 Å². The SMILES string of the molecule is CC.CCCNC1(CC)CCC(C)(C)CC1.CCc1ccccc1. The van der Waals surface area contributed by atoms with Gasteiger partial charge in [-0.1, -0.05) is 78.8 Å². The van der Waals surface area contributed by atoms with E-state index in [2.05, 4.69) is 64.2 Å². The molecule has 0 bridgehead atoms. The Morgan fingerprint density at radius 1 is 0.875 bits per heavy atom. The third-order valence-corrected chi connectivity index (χ3v) is 5.24. The summed E-state index contributed by atoms with van der Waals surface area (Å²) in [6, 6.07) is 10.5. The summed E-state index contributed by atoms with van der Waals surface area (Å²) in [6.45, 7) is 16.8. The van der Waals surface area contributed by atoms with Gasteiger partial charge in [0.05, 0.1) is 0 Å². The quantitative estimate of drug-likeness (QED) is 0.611. The highest BCUT2D eigenvalue weighted by molar-refractivity contribution is 5.13. The fraction of sp³-hybridized carbons (Fsp3) is 0.739. The van der Waals surface area contributed by atoms with E-state index in [-0.39, 0.29) is 0 Å². The van der Waals surface area contributed by atoms with Gasteiger partial charge in [-0.15, -0.1) is 0 Å². The molecule has 140 valence electrons. The lowest BCUT2D eigenvalue weighted by Gasteiger charge is -2.44. The average Bonchev–Trinajstić information content (AvgIpc) is 2.64. The van der Waals surface area contributed by atoms with Crippen molar-refractivity contribution < 1.29 is 0 Å². The molecule has 0 unspecified atom stereocenters. The lowest BCUT2D eigenvalue weighted by molar-refractivity contribution is 0.131. The van der Waals surface area contributed by atoms with Crippen LogP contribution in [-0.2, 0) is 6.42 Å². The second-order valence-electron chi connectivity index (χ2n) is 7.56. The van der Waals surface area contributed by atoms with Crippen molar-refractivity contribution >= 4 is 0 Å². The van der Waals surface area contributed by atoms with E-state index in [1.807, 2.05) is 19.9 Å². The molecule has 1 N–H and O–H groups in total. The molecule has 1 aromatic carbocycles. The zero-order valence-corrected chi connectivity index (χ0v) is 17.5. The fourth-order valence-corrected chi connectivity index (χ4v) is 3.16. The van der Waals surface area contributed by atoms with Gasteiger partial charge >= 0.3 is 0 Å². The smallest absolute Gasteiger partial charge is 0.0179 e. The molecule has 1 aliphatic carbocycles. The van der Waals surface area contributed by atoms with Crippen LogP contribution >= 0.6 is 0 Å². The summed E-state index contributed by atoms with van der Waals surface area (Å²) in [5, 5.41) is 3.77. The van der Waals surface area contributed by atoms with Gasteiger partial charge in [-0.05, 0) is 62.5 Å². The van der Waals surface area contributed by atoms with E-state index in [1.165, 1.54) is 50.6 Å². The average molecular weight is 334 g/mol. The molecule has 0 heterocycles. The van der Waals surface area contributed by atoms with Crippen molar-refractivity contribution in [3.8, 4) is 0 Å². The van der Waals surface area contributed by atoms with E-state index in [4.69, 9.17) is 0 Å². The molecule has 1 aliphatic rings. The first-order valence-electron chi connectivity index (χ1n) is 10.3. The van der Waals surface area contributed by atoms with Crippen molar-refractivity contribution in [2.24, 2.45) is 5.41 Å². The molecule has 0 saturated heterocycles. The van der Waals surface area contributed by atoms with Crippen LogP contribution in [0.4, 0.5) is 0 Å². The fourth-order valence-electron chi connectivity index (χ4n) is 3.16. The third-order valence-electron chi connectivity index (χ3n) is 5.24. The van der Waals surface area contributed by atoms with E-state index < -0.39 is 0 Å². The van der Waals surface area contributed by atoms with Crippen molar-refractivity contribution in [1.29, 1.82) is 0 Å². The van der Waals surface area contributed by atoms with Crippen LogP contribution in [0.1, 0.15) is 92.6 Å². The van der Waals surface area contributed by atoms with Crippen LogP contribution in [0.15, 0.2) is 30.3 Å². The normalized spacial score (nSPS) is 17.8. The minimum absolute atomic E-state index is 0.478.